The van der Waals surface area contributed by atoms with Crippen molar-refractivity contribution in [1.29, 1.82) is 5.26 Å². The molecule has 26 heavy (non-hydrogen) atoms. The number of benzene rings is 1. The molecule has 0 aliphatic rings. The van der Waals surface area contributed by atoms with Crippen molar-refractivity contribution in [1.82, 2.24) is 15.1 Å². The van der Waals surface area contributed by atoms with Crippen LogP contribution in [0, 0.1) is 32.1 Å². The maximum absolute atomic E-state index is 12.0. The third-order valence-corrected chi connectivity index (χ3v) is 4.25. The Morgan fingerprint density at radius 3 is 2.88 bits per heavy atom. The van der Waals surface area contributed by atoms with E-state index in [0.717, 1.165) is 28.3 Å². The first kappa shape index (κ1) is 19.5. The number of carbonyl (C=O) groups is 1. The van der Waals surface area contributed by atoms with Crippen LogP contribution in [0.3, 0.4) is 0 Å². The first-order valence-corrected chi connectivity index (χ1v) is 8.87. The van der Waals surface area contributed by atoms with Gasteiger partial charge in [-0.15, -0.1) is 0 Å². The fourth-order valence-electron chi connectivity index (χ4n) is 2.86. The van der Waals surface area contributed by atoms with Crippen molar-refractivity contribution < 1.29 is 9.53 Å². The van der Waals surface area contributed by atoms with Crippen molar-refractivity contribution in [2.75, 3.05) is 13.2 Å². The zero-order valence-electron chi connectivity index (χ0n) is 15.7. The van der Waals surface area contributed by atoms with Crippen molar-refractivity contribution in [3.05, 3.63) is 46.8 Å². The number of ether oxygens (including phenoxy) is 1. The summed E-state index contributed by atoms with van der Waals surface area (Å²) in [5.74, 6) is 0.816. The van der Waals surface area contributed by atoms with Crippen molar-refractivity contribution in [2.24, 2.45) is 0 Å². The van der Waals surface area contributed by atoms with E-state index in [2.05, 4.69) is 16.5 Å². The first-order chi connectivity index (χ1) is 12.5. The fraction of sp³-hybridized carbons (Fsp3) is 0.450. The van der Waals surface area contributed by atoms with E-state index in [4.69, 9.17) is 10.00 Å². The molecule has 0 unspecified atom stereocenters. The number of aromatic nitrogens is 2. The number of amides is 1. The lowest BCUT2D eigenvalue weighted by atomic mass is 10.1. The molecular formula is C20H26N4O2. The summed E-state index contributed by atoms with van der Waals surface area (Å²) in [6, 6.07) is 9.97. The van der Waals surface area contributed by atoms with Crippen LogP contribution in [0.1, 0.15) is 35.4 Å². The molecule has 138 valence electrons. The molecule has 1 heterocycles. The minimum absolute atomic E-state index is 0.00131. The molecule has 1 amide bonds. The Morgan fingerprint density at radius 1 is 1.35 bits per heavy atom. The fourth-order valence-corrected chi connectivity index (χ4v) is 2.86. The highest BCUT2D eigenvalue weighted by Crippen LogP contribution is 2.15. The van der Waals surface area contributed by atoms with Gasteiger partial charge in [-0.05, 0) is 50.5 Å². The highest BCUT2D eigenvalue weighted by molar-refractivity contribution is 5.76. The van der Waals surface area contributed by atoms with E-state index in [9.17, 15) is 4.79 Å². The van der Waals surface area contributed by atoms with Crippen LogP contribution in [0.4, 0.5) is 0 Å². The van der Waals surface area contributed by atoms with Crippen LogP contribution in [0.15, 0.2) is 24.3 Å². The normalized spacial score (nSPS) is 10.4. The predicted octanol–water partition coefficient (Wildman–Crippen LogP) is 2.85. The second-order valence-corrected chi connectivity index (χ2v) is 6.30. The molecule has 1 aromatic carbocycles. The Balaban J connectivity index is 1.73. The van der Waals surface area contributed by atoms with E-state index in [1.54, 1.807) is 0 Å². The smallest absolute Gasteiger partial charge is 0.220 e. The van der Waals surface area contributed by atoms with Gasteiger partial charge in [-0.25, -0.2) is 0 Å². The molecule has 0 bridgehead atoms. The topological polar surface area (TPSA) is 79.9 Å². The van der Waals surface area contributed by atoms with Crippen LogP contribution in [-0.4, -0.2) is 28.8 Å². The van der Waals surface area contributed by atoms with Crippen LogP contribution >= 0.6 is 0 Å². The molecule has 1 N–H and O–H groups in total. The summed E-state index contributed by atoms with van der Waals surface area (Å²) in [5, 5.41) is 16.0. The van der Waals surface area contributed by atoms with Crippen LogP contribution < -0.4 is 10.1 Å². The van der Waals surface area contributed by atoms with Gasteiger partial charge in [-0.3, -0.25) is 9.48 Å². The Hall–Kier alpha value is -2.81. The predicted molar refractivity (Wildman–Crippen MR) is 99.9 cm³/mol. The summed E-state index contributed by atoms with van der Waals surface area (Å²) in [6.07, 6.45) is 1.49. The standard InChI is InChI=1S/C20H26N4O2/c1-15-6-4-7-18(14-15)26-13-11-22-20(25)9-8-19-16(2)23-24(17(19)3)12-5-10-21/h4,6-7,14H,5,8-9,11-13H2,1-3H3,(H,22,25). The van der Waals surface area contributed by atoms with E-state index in [-0.39, 0.29) is 5.91 Å². The average Bonchev–Trinajstić information content (AvgIpc) is 2.88. The Bertz CT molecular complexity index is 790. The largest absolute Gasteiger partial charge is 0.492 e. The van der Waals surface area contributed by atoms with Gasteiger partial charge in [0.15, 0.2) is 0 Å². The first-order valence-electron chi connectivity index (χ1n) is 8.87. The molecule has 1 aromatic heterocycles. The monoisotopic (exact) mass is 354 g/mol. The van der Waals surface area contributed by atoms with E-state index in [0.29, 0.717) is 39.0 Å². The molecule has 6 heteroatoms. The SMILES string of the molecule is Cc1cccc(OCCNC(=O)CCc2c(C)nn(CCC#N)c2C)c1. The number of nitrogens with zero attached hydrogens (tertiary/aromatic N) is 3. The molecule has 0 saturated heterocycles. The van der Waals surface area contributed by atoms with E-state index in [1.807, 2.05) is 49.7 Å². The highest BCUT2D eigenvalue weighted by atomic mass is 16.5. The lowest BCUT2D eigenvalue weighted by Gasteiger charge is -2.08. The molecule has 6 nitrogen and oxygen atoms in total. The lowest BCUT2D eigenvalue weighted by Crippen LogP contribution is -2.28. The second-order valence-electron chi connectivity index (χ2n) is 6.30. The zero-order chi connectivity index (χ0) is 18.9. The third-order valence-electron chi connectivity index (χ3n) is 4.25. The lowest BCUT2D eigenvalue weighted by molar-refractivity contribution is -0.121. The summed E-state index contributed by atoms with van der Waals surface area (Å²) in [6.45, 7) is 7.46. The number of rotatable bonds is 9. The molecule has 0 saturated carbocycles. The number of hydrogen-bond acceptors (Lipinski definition) is 4. The number of carbonyl (C=O) groups excluding carboxylic acids is 1. The number of nitriles is 1. The van der Waals surface area contributed by atoms with Gasteiger partial charge in [0.25, 0.3) is 0 Å². The van der Waals surface area contributed by atoms with Gasteiger partial charge in [-0.1, -0.05) is 12.1 Å². The average molecular weight is 354 g/mol. The molecule has 0 atom stereocenters. The Morgan fingerprint density at radius 2 is 2.15 bits per heavy atom. The second kappa shape index (κ2) is 9.62. The summed E-state index contributed by atoms with van der Waals surface area (Å²) >= 11 is 0. The van der Waals surface area contributed by atoms with E-state index < -0.39 is 0 Å². The summed E-state index contributed by atoms with van der Waals surface area (Å²) in [5.41, 5.74) is 4.20. The molecule has 0 spiro atoms. The minimum atomic E-state index is 0.00131. The Labute approximate surface area is 154 Å². The number of nitrogens with one attached hydrogen (secondary N) is 1. The summed E-state index contributed by atoms with van der Waals surface area (Å²) in [4.78, 5) is 12.0. The molecule has 2 rings (SSSR count). The molecule has 0 radical (unpaired) electrons. The van der Waals surface area contributed by atoms with Gasteiger partial charge in [0.2, 0.25) is 5.91 Å². The van der Waals surface area contributed by atoms with Crippen molar-refractivity contribution in [3.63, 3.8) is 0 Å². The van der Waals surface area contributed by atoms with Gasteiger partial charge in [-0.2, -0.15) is 10.4 Å². The van der Waals surface area contributed by atoms with Gasteiger partial charge in [0.1, 0.15) is 12.4 Å². The Kier molecular flexibility index (Phi) is 7.22. The molecular weight excluding hydrogens is 328 g/mol. The van der Waals surface area contributed by atoms with Crippen molar-refractivity contribution >= 4 is 5.91 Å². The molecule has 0 aliphatic heterocycles. The maximum Gasteiger partial charge on any atom is 0.220 e. The number of hydrogen-bond donors (Lipinski definition) is 1. The molecule has 2 aromatic rings. The quantitative estimate of drug-likeness (QED) is 0.702. The maximum atomic E-state index is 12.0. The van der Waals surface area contributed by atoms with Gasteiger partial charge in [0.05, 0.1) is 31.3 Å². The van der Waals surface area contributed by atoms with E-state index in [1.165, 1.54) is 0 Å². The molecule has 0 fully saturated rings. The van der Waals surface area contributed by atoms with Gasteiger partial charge >= 0.3 is 0 Å². The van der Waals surface area contributed by atoms with Crippen LogP contribution in [0.25, 0.3) is 0 Å². The highest BCUT2D eigenvalue weighted by Gasteiger charge is 2.12. The number of aryl methyl sites for hydroxylation is 3. The van der Waals surface area contributed by atoms with Gasteiger partial charge < -0.3 is 10.1 Å². The van der Waals surface area contributed by atoms with Crippen LogP contribution in [0.5, 0.6) is 5.75 Å². The summed E-state index contributed by atoms with van der Waals surface area (Å²) < 4.78 is 7.47. The molecule has 0 aliphatic carbocycles. The van der Waals surface area contributed by atoms with Crippen molar-refractivity contribution in [3.8, 4) is 11.8 Å². The third kappa shape index (κ3) is 5.62. The minimum Gasteiger partial charge on any atom is -0.492 e. The van der Waals surface area contributed by atoms with E-state index >= 15 is 0 Å². The van der Waals surface area contributed by atoms with Crippen LogP contribution in [0.2, 0.25) is 0 Å². The van der Waals surface area contributed by atoms with Crippen LogP contribution in [-0.2, 0) is 17.8 Å². The zero-order valence-corrected chi connectivity index (χ0v) is 15.7. The van der Waals surface area contributed by atoms with Gasteiger partial charge in [0, 0.05) is 12.1 Å². The van der Waals surface area contributed by atoms with Crippen molar-refractivity contribution in [2.45, 2.75) is 46.6 Å². The summed E-state index contributed by atoms with van der Waals surface area (Å²) in [7, 11) is 0.